The summed E-state index contributed by atoms with van der Waals surface area (Å²) in [6.07, 6.45) is -0.895. The third-order valence-electron chi connectivity index (χ3n) is 3.14. The molecule has 1 fully saturated rings. The van der Waals surface area contributed by atoms with Crippen molar-refractivity contribution in [2.45, 2.75) is 25.1 Å². The van der Waals surface area contributed by atoms with E-state index >= 15 is 0 Å². The van der Waals surface area contributed by atoms with Gasteiger partial charge in [-0.15, -0.1) is 12.4 Å². The van der Waals surface area contributed by atoms with E-state index in [-0.39, 0.29) is 43.5 Å². The van der Waals surface area contributed by atoms with Gasteiger partial charge in [-0.05, 0) is 22.0 Å². The van der Waals surface area contributed by atoms with Crippen molar-refractivity contribution in [1.29, 1.82) is 0 Å². The van der Waals surface area contributed by atoms with Gasteiger partial charge >= 0.3 is 5.97 Å². The fourth-order valence-corrected chi connectivity index (χ4v) is 2.35. The van der Waals surface area contributed by atoms with Crippen LogP contribution in [0.1, 0.15) is 12.0 Å². The summed E-state index contributed by atoms with van der Waals surface area (Å²) in [6.45, 7) is 0.166. The number of rotatable bonds is 4. The zero-order valence-electron chi connectivity index (χ0n) is 11.8. The maximum atomic E-state index is 13.1. The first kappa shape index (κ1) is 18.8. The van der Waals surface area contributed by atoms with Crippen LogP contribution in [0.5, 0.6) is 0 Å². The van der Waals surface area contributed by atoms with Crippen molar-refractivity contribution in [3.63, 3.8) is 0 Å². The first-order chi connectivity index (χ1) is 9.99. The lowest BCUT2D eigenvalue weighted by Gasteiger charge is -2.13. The second kappa shape index (κ2) is 8.40. The molecule has 6 nitrogen and oxygen atoms in total. The summed E-state index contributed by atoms with van der Waals surface area (Å²) >= 11 is 3.21. The van der Waals surface area contributed by atoms with E-state index in [1.807, 2.05) is 0 Å². The number of carbonyl (C=O) groups excluding carboxylic acids is 2. The van der Waals surface area contributed by atoms with Crippen LogP contribution in [0, 0.1) is 0 Å². The Bertz CT molecular complexity index is 561. The van der Waals surface area contributed by atoms with E-state index in [9.17, 15) is 14.0 Å². The summed E-state index contributed by atoms with van der Waals surface area (Å²) in [4.78, 5) is 27.6. The summed E-state index contributed by atoms with van der Waals surface area (Å²) in [7, 11) is 1.29. The second-order valence-electron chi connectivity index (χ2n) is 4.68. The van der Waals surface area contributed by atoms with Gasteiger partial charge in [-0.3, -0.25) is 9.59 Å². The molecule has 0 bridgehead atoms. The summed E-state index contributed by atoms with van der Waals surface area (Å²) in [5.41, 5.74) is 0.535. The Balaban J connectivity index is 0.00000242. The highest BCUT2D eigenvalue weighted by atomic mass is 79.9. The van der Waals surface area contributed by atoms with Gasteiger partial charge in [0.05, 0.1) is 19.6 Å². The van der Waals surface area contributed by atoms with E-state index in [2.05, 4.69) is 36.3 Å². The molecule has 1 aliphatic heterocycles. The molecule has 2 atom stereocenters. The largest absolute Gasteiger partial charge is 0.469 e. The van der Waals surface area contributed by atoms with E-state index in [4.69, 9.17) is 0 Å². The van der Waals surface area contributed by atoms with Crippen LogP contribution < -0.4 is 10.6 Å². The van der Waals surface area contributed by atoms with Gasteiger partial charge in [0.1, 0.15) is 16.6 Å². The number of anilines is 1. The van der Waals surface area contributed by atoms with E-state index < -0.39 is 18.2 Å². The molecule has 122 valence electrons. The third-order valence-corrected chi connectivity index (χ3v) is 3.58. The number of ether oxygens (including phenoxy) is 1. The fraction of sp³-hybridized carbons (Fsp3) is 0.462. The van der Waals surface area contributed by atoms with E-state index in [1.165, 1.54) is 7.11 Å². The quantitative estimate of drug-likeness (QED) is 0.597. The number of hydrogen-bond donors (Lipinski definition) is 2. The Labute approximate surface area is 141 Å². The fourth-order valence-electron chi connectivity index (χ4n) is 2.04. The number of alkyl halides is 1. The Morgan fingerprint density at radius 3 is 2.86 bits per heavy atom. The van der Waals surface area contributed by atoms with E-state index in [0.29, 0.717) is 10.2 Å². The molecule has 0 aromatic carbocycles. The number of nitrogens with zero attached hydrogens (tertiary/aromatic N) is 1. The van der Waals surface area contributed by atoms with Crippen LogP contribution >= 0.6 is 28.3 Å². The zero-order valence-corrected chi connectivity index (χ0v) is 14.2. The van der Waals surface area contributed by atoms with E-state index in [1.54, 1.807) is 12.1 Å². The first-order valence-corrected chi connectivity index (χ1v) is 7.19. The van der Waals surface area contributed by atoms with Crippen LogP contribution in [-0.4, -0.2) is 42.7 Å². The maximum Gasteiger partial charge on any atom is 0.310 e. The standard InChI is InChI=1S/C13H15BrFN3O3.ClH/c1-21-11(19)4-7-2-3-10(14)17-12(7)18-13(20)9-5-8(15)6-16-9;/h2-3,8-9,16H,4-6H2,1H3,(H,17,18,20);1H/t8-,9+;/m1./s1. The van der Waals surface area contributed by atoms with Crippen molar-refractivity contribution in [3.05, 3.63) is 22.3 Å². The van der Waals surface area contributed by atoms with Crippen molar-refractivity contribution in [1.82, 2.24) is 10.3 Å². The number of amides is 1. The molecule has 1 aliphatic rings. The minimum absolute atomic E-state index is 0. The highest BCUT2D eigenvalue weighted by molar-refractivity contribution is 9.10. The van der Waals surface area contributed by atoms with Crippen LogP contribution in [0.4, 0.5) is 10.2 Å². The average Bonchev–Trinajstić information content (AvgIpc) is 2.88. The predicted molar refractivity (Wildman–Crippen MR) is 84.8 cm³/mol. The van der Waals surface area contributed by atoms with Crippen molar-refractivity contribution in [2.75, 3.05) is 19.0 Å². The lowest BCUT2D eigenvalue weighted by Crippen LogP contribution is -2.36. The molecular weight excluding hydrogens is 381 g/mol. The van der Waals surface area contributed by atoms with Crippen molar-refractivity contribution in [2.24, 2.45) is 0 Å². The number of pyridine rings is 1. The van der Waals surface area contributed by atoms with Crippen molar-refractivity contribution < 1.29 is 18.7 Å². The molecule has 0 spiro atoms. The van der Waals surface area contributed by atoms with Crippen molar-refractivity contribution in [3.8, 4) is 0 Å². The highest BCUT2D eigenvalue weighted by Crippen LogP contribution is 2.19. The molecule has 2 N–H and O–H groups in total. The molecule has 2 rings (SSSR count). The maximum absolute atomic E-state index is 13.1. The second-order valence-corrected chi connectivity index (χ2v) is 5.49. The van der Waals surface area contributed by atoms with Crippen molar-refractivity contribution >= 4 is 46.0 Å². The summed E-state index contributed by atoms with van der Waals surface area (Å²) in [5.74, 6) is -0.534. The molecule has 1 aromatic heterocycles. The minimum Gasteiger partial charge on any atom is -0.469 e. The third kappa shape index (κ3) is 4.89. The van der Waals surface area contributed by atoms with Crippen LogP contribution in [-0.2, 0) is 20.7 Å². The van der Waals surface area contributed by atoms with Crippen LogP contribution in [0.15, 0.2) is 16.7 Å². The van der Waals surface area contributed by atoms with Crippen LogP contribution in [0.2, 0.25) is 0 Å². The number of hydrogen-bond acceptors (Lipinski definition) is 5. The van der Waals surface area contributed by atoms with Gasteiger partial charge < -0.3 is 15.4 Å². The zero-order chi connectivity index (χ0) is 15.4. The smallest absolute Gasteiger partial charge is 0.310 e. The van der Waals surface area contributed by atoms with Crippen LogP contribution in [0.3, 0.4) is 0 Å². The normalized spacial score (nSPS) is 20.1. The molecule has 0 aliphatic carbocycles. The molecule has 0 unspecified atom stereocenters. The topological polar surface area (TPSA) is 80.3 Å². The SMILES string of the molecule is COC(=O)Cc1ccc(Br)nc1NC(=O)[C@@H]1C[C@@H](F)CN1.Cl. The number of nitrogens with one attached hydrogen (secondary N) is 2. The molecule has 2 heterocycles. The summed E-state index contributed by atoms with van der Waals surface area (Å²) in [5, 5.41) is 5.42. The molecule has 1 amide bonds. The Morgan fingerprint density at radius 2 is 2.27 bits per heavy atom. The molecule has 0 saturated carbocycles. The number of halogens is 3. The molecule has 0 radical (unpaired) electrons. The van der Waals surface area contributed by atoms with Gasteiger partial charge in [0.2, 0.25) is 5.91 Å². The summed E-state index contributed by atoms with van der Waals surface area (Å²) in [6, 6.07) is 2.75. The monoisotopic (exact) mass is 395 g/mol. The Hall–Kier alpha value is -1.25. The van der Waals surface area contributed by atoms with Crippen LogP contribution in [0.25, 0.3) is 0 Å². The van der Waals surface area contributed by atoms with Gasteiger partial charge in [0.25, 0.3) is 0 Å². The molecule has 1 saturated heterocycles. The molecule has 1 aromatic rings. The lowest BCUT2D eigenvalue weighted by molar-refractivity contribution is -0.139. The predicted octanol–water partition coefficient (Wildman–Crippen LogP) is 1.62. The average molecular weight is 397 g/mol. The number of carbonyl (C=O) groups is 2. The summed E-state index contributed by atoms with van der Waals surface area (Å²) < 4.78 is 18.2. The Kier molecular flexibility index (Phi) is 7.18. The lowest BCUT2D eigenvalue weighted by atomic mass is 10.1. The van der Waals surface area contributed by atoms with Gasteiger partial charge in [0.15, 0.2) is 0 Å². The number of aromatic nitrogens is 1. The van der Waals surface area contributed by atoms with Gasteiger partial charge in [-0.25, -0.2) is 9.37 Å². The van der Waals surface area contributed by atoms with Gasteiger partial charge in [0, 0.05) is 18.5 Å². The number of esters is 1. The van der Waals surface area contributed by atoms with Gasteiger partial charge in [-0.2, -0.15) is 0 Å². The van der Waals surface area contributed by atoms with Gasteiger partial charge in [-0.1, -0.05) is 6.07 Å². The minimum atomic E-state index is -1.02. The molecule has 9 heteroatoms. The Morgan fingerprint density at radius 1 is 1.55 bits per heavy atom. The van der Waals surface area contributed by atoms with E-state index in [0.717, 1.165) is 0 Å². The molecule has 22 heavy (non-hydrogen) atoms. The first-order valence-electron chi connectivity index (χ1n) is 6.40. The molecular formula is C13H16BrClFN3O3. The number of methoxy groups -OCH3 is 1. The highest BCUT2D eigenvalue weighted by Gasteiger charge is 2.29.